The molecule has 0 aliphatic heterocycles. The number of furan rings is 1. The molecule has 0 bridgehead atoms. The van der Waals surface area contributed by atoms with E-state index in [4.69, 9.17) is 9.15 Å². The Hall–Kier alpha value is -3.80. The van der Waals surface area contributed by atoms with Crippen molar-refractivity contribution in [1.82, 2.24) is 9.78 Å². The molecular weight excluding hydrogens is 402 g/mol. The third-order valence-electron chi connectivity index (χ3n) is 5.12. The summed E-state index contributed by atoms with van der Waals surface area (Å²) < 4.78 is 13.5. The predicted molar refractivity (Wildman–Crippen MR) is 124 cm³/mol. The molecule has 164 valence electrons. The highest BCUT2D eigenvalue weighted by Crippen LogP contribution is 2.28. The Morgan fingerprint density at radius 2 is 1.94 bits per heavy atom. The van der Waals surface area contributed by atoms with E-state index in [9.17, 15) is 4.79 Å². The minimum atomic E-state index is -0.325. The second-order valence-corrected chi connectivity index (χ2v) is 8.12. The maximum atomic E-state index is 12.6. The van der Waals surface area contributed by atoms with E-state index in [0.29, 0.717) is 23.9 Å². The fourth-order valence-electron chi connectivity index (χ4n) is 3.45. The molecule has 0 saturated heterocycles. The van der Waals surface area contributed by atoms with Crippen LogP contribution >= 0.6 is 0 Å². The summed E-state index contributed by atoms with van der Waals surface area (Å²) in [6.07, 6.45) is 3.42. The molecule has 2 aromatic carbocycles. The number of carbonyl (C=O) groups is 1. The molecule has 0 aliphatic rings. The van der Waals surface area contributed by atoms with Crippen LogP contribution in [-0.4, -0.2) is 15.7 Å². The van der Waals surface area contributed by atoms with Gasteiger partial charge in [-0.15, -0.1) is 0 Å². The summed E-state index contributed by atoms with van der Waals surface area (Å²) in [6.45, 7) is 7.19. The van der Waals surface area contributed by atoms with Gasteiger partial charge in [-0.25, -0.2) is 0 Å². The van der Waals surface area contributed by atoms with Gasteiger partial charge in [-0.05, 0) is 47.7 Å². The van der Waals surface area contributed by atoms with Gasteiger partial charge in [-0.3, -0.25) is 9.48 Å². The number of aromatic nitrogens is 2. The molecular formula is C26H27N3O3. The van der Waals surface area contributed by atoms with Gasteiger partial charge in [0.1, 0.15) is 18.1 Å². The smallest absolute Gasteiger partial charge is 0.291 e. The number of nitrogens with zero attached hydrogens (tertiary/aromatic N) is 2. The van der Waals surface area contributed by atoms with Crippen molar-refractivity contribution < 1.29 is 13.9 Å². The van der Waals surface area contributed by atoms with Crippen molar-refractivity contribution in [2.75, 3.05) is 5.32 Å². The molecule has 0 radical (unpaired) electrons. The number of aryl methyl sites for hydroxylation is 1. The van der Waals surface area contributed by atoms with Crippen molar-refractivity contribution in [3.05, 3.63) is 101 Å². The highest BCUT2D eigenvalue weighted by Gasteiger charge is 2.14. The number of ether oxygens (including phenoxy) is 1. The van der Waals surface area contributed by atoms with Gasteiger partial charge < -0.3 is 14.5 Å². The van der Waals surface area contributed by atoms with Gasteiger partial charge in [-0.2, -0.15) is 5.10 Å². The highest BCUT2D eigenvalue weighted by molar-refractivity contribution is 6.02. The number of carbonyl (C=O) groups excluding carboxylic acids is 1. The molecule has 4 rings (SSSR count). The van der Waals surface area contributed by atoms with E-state index in [1.165, 1.54) is 0 Å². The Bertz CT molecular complexity index is 1190. The molecule has 6 nitrogen and oxygen atoms in total. The summed E-state index contributed by atoms with van der Waals surface area (Å²) in [4.78, 5) is 12.6. The Morgan fingerprint density at radius 1 is 1.12 bits per heavy atom. The topological polar surface area (TPSA) is 69.3 Å². The summed E-state index contributed by atoms with van der Waals surface area (Å²) in [5, 5.41) is 7.13. The van der Waals surface area contributed by atoms with E-state index in [1.807, 2.05) is 43.3 Å². The van der Waals surface area contributed by atoms with Crippen molar-refractivity contribution >= 4 is 11.6 Å². The quantitative estimate of drug-likeness (QED) is 0.385. The molecule has 1 amide bonds. The van der Waals surface area contributed by atoms with Gasteiger partial charge >= 0.3 is 0 Å². The monoisotopic (exact) mass is 429 g/mol. The molecule has 32 heavy (non-hydrogen) atoms. The Kier molecular flexibility index (Phi) is 6.40. The van der Waals surface area contributed by atoms with Crippen LogP contribution in [0.25, 0.3) is 0 Å². The lowest BCUT2D eigenvalue weighted by atomic mass is 10.0. The number of hydrogen-bond acceptors (Lipinski definition) is 4. The highest BCUT2D eigenvalue weighted by atomic mass is 16.5. The van der Waals surface area contributed by atoms with Gasteiger partial charge in [0.2, 0.25) is 0 Å². The van der Waals surface area contributed by atoms with Gasteiger partial charge in [0.25, 0.3) is 5.91 Å². The molecule has 0 atom stereocenters. The van der Waals surface area contributed by atoms with Crippen LogP contribution in [0.1, 0.15) is 52.8 Å². The fourth-order valence-corrected chi connectivity index (χ4v) is 3.45. The molecule has 0 spiro atoms. The van der Waals surface area contributed by atoms with E-state index >= 15 is 0 Å². The van der Waals surface area contributed by atoms with Crippen LogP contribution in [0.4, 0.5) is 5.69 Å². The van der Waals surface area contributed by atoms with Crippen molar-refractivity contribution in [3.8, 4) is 5.75 Å². The molecule has 0 fully saturated rings. The molecule has 6 heteroatoms. The van der Waals surface area contributed by atoms with Gasteiger partial charge in [0.15, 0.2) is 5.76 Å². The van der Waals surface area contributed by atoms with Crippen molar-refractivity contribution in [2.45, 2.75) is 39.8 Å². The zero-order valence-electron chi connectivity index (χ0n) is 18.5. The Balaban J connectivity index is 1.36. The first kappa shape index (κ1) is 21.4. The van der Waals surface area contributed by atoms with Crippen LogP contribution in [0.2, 0.25) is 0 Å². The second-order valence-electron chi connectivity index (χ2n) is 8.12. The summed E-state index contributed by atoms with van der Waals surface area (Å²) in [5.41, 5.74) is 4.03. The van der Waals surface area contributed by atoms with Gasteiger partial charge in [-0.1, -0.05) is 56.3 Å². The number of hydrogen-bond donors (Lipinski definition) is 1. The normalized spacial score (nSPS) is 11.0. The van der Waals surface area contributed by atoms with Crippen molar-refractivity contribution in [1.29, 1.82) is 0 Å². The van der Waals surface area contributed by atoms with Crippen LogP contribution in [-0.2, 0) is 13.2 Å². The molecule has 4 aromatic rings. The molecule has 2 aromatic heterocycles. The molecule has 1 N–H and O–H groups in total. The lowest BCUT2D eigenvalue weighted by molar-refractivity contribution is 0.0992. The first-order chi connectivity index (χ1) is 15.5. The molecule has 2 heterocycles. The van der Waals surface area contributed by atoms with Crippen LogP contribution in [0.15, 0.2) is 77.5 Å². The lowest BCUT2D eigenvalue weighted by Gasteiger charge is -2.14. The lowest BCUT2D eigenvalue weighted by Crippen LogP contribution is -2.10. The van der Waals surface area contributed by atoms with Gasteiger partial charge in [0, 0.05) is 6.20 Å². The van der Waals surface area contributed by atoms with E-state index < -0.39 is 0 Å². The van der Waals surface area contributed by atoms with Crippen LogP contribution in [0.3, 0.4) is 0 Å². The Morgan fingerprint density at radius 3 is 2.72 bits per heavy atom. The Labute approximate surface area is 187 Å². The summed E-state index contributed by atoms with van der Waals surface area (Å²) in [7, 11) is 0. The number of amides is 1. The second kappa shape index (κ2) is 9.56. The van der Waals surface area contributed by atoms with E-state index in [2.05, 4.69) is 36.4 Å². The first-order valence-corrected chi connectivity index (χ1v) is 10.7. The fraction of sp³-hybridized carbons (Fsp3) is 0.231. The van der Waals surface area contributed by atoms with E-state index in [-0.39, 0.29) is 18.3 Å². The van der Waals surface area contributed by atoms with Gasteiger partial charge in [0.05, 0.1) is 18.4 Å². The standard InChI is InChI=1S/C26H27N3O3/c1-18(2)23-11-9-19(3)13-25(23)31-17-22-10-12-24(32-22)26(30)28-21-14-27-29(16-21)15-20-7-5-4-6-8-20/h4-14,16,18H,15,17H2,1-3H3,(H,28,30). The summed E-state index contributed by atoms with van der Waals surface area (Å²) in [6, 6.07) is 19.6. The SMILES string of the molecule is Cc1ccc(C(C)C)c(OCc2ccc(C(=O)Nc3cnn(Cc4ccccc4)c3)o2)c1. The average molecular weight is 430 g/mol. The van der Waals surface area contributed by atoms with Crippen molar-refractivity contribution in [3.63, 3.8) is 0 Å². The number of benzene rings is 2. The number of nitrogens with one attached hydrogen (secondary N) is 1. The minimum Gasteiger partial charge on any atom is -0.485 e. The summed E-state index contributed by atoms with van der Waals surface area (Å²) >= 11 is 0. The number of rotatable bonds is 8. The van der Waals surface area contributed by atoms with Crippen LogP contribution in [0, 0.1) is 6.92 Å². The maximum Gasteiger partial charge on any atom is 0.291 e. The van der Waals surface area contributed by atoms with E-state index in [0.717, 1.165) is 22.4 Å². The minimum absolute atomic E-state index is 0.229. The first-order valence-electron chi connectivity index (χ1n) is 10.7. The molecule has 0 saturated carbocycles. The average Bonchev–Trinajstić information content (AvgIpc) is 3.42. The van der Waals surface area contributed by atoms with Crippen molar-refractivity contribution in [2.24, 2.45) is 0 Å². The zero-order chi connectivity index (χ0) is 22.5. The largest absolute Gasteiger partial charge is 0.485 e. The molecule has 0 unspecified atom stereocenters. The molecule has 0 aliphatic carbocycles. The van der Waals surface area contributed by atoms with Crippen LogP contribution in [0.5, 0.6) is 5.75 Å². The third-order valence-corrected chi connectivity index (χ3v) is 5.12. The summed E-state index contributed by atoms with van der Waals surface area (Å²) in [5.74, 6) is 1.69. The maximum absolute atomic E-state index is 12.6. The zero-order valence-corrected chi connectivity index (χ0v) is 18.5. The predicted octanol–water partition coefficient (Wildman–Crippen LogP) is 5.79. The number of anilines is 1. The third kappa shape index (κ3) is 5.27. The van der Waals surface area contributed by atoms with Crippen LogP contribution < -0.4 is 10.1 Å². The van der Waals surface area contributed by atoms with E-state index in [1.54, 1.807) is 29.2 Å².